The topological polar surface area (TPSA) is 51.5 Å². The highest BCUT2D eigenvalue weighted by Crippen LogP contribution is 2.35. The number of benzene rings is 1. The Morgan fingerprint density at radius 1 is 1.42 bits per heavy atom. The van der Waals surface area contributed by atoms with Gasteiger partial charge in [0.15, 0.2) is 0 Å². The molecule has 0 saturated heterocycles. The average molecular weight is 369 g/mol. The maximum atomic E-state index is 11.3. The molecule has 1 aliphatic heterocycles. The van der Waals surface area contributed by atoms with E-state index in [0.717, 1.165) is 21.3 Å². The molecule has 0 amide bonds. The maximum Gasteiger partial charge on any atom is 0.352 e. The van der Waals surface area contributed by atoms with Crippen LogP contribution in [0, 0.1) is 3.57 Å². The molecule has 2 heterocycles. The van der Waals surface area contributed by atoms with Gasteiger partial charge < -0.3 is 14.4 Å². The smallest absolute Gasteiger partial charge is 0.352 e. The fourth-order valence-corrected chi connectivity index (χ4v) is 3.08. The van der Waals surface area contributed by atoms with Gasteiger partial charge in [-0.1, -0.05) is 18.2 Å². The molecule has 0 saturated carbocycles. The monoisotopic (exact) mass is 369 g/mol. The Morgan fingerprint density at radius 2 is 2.21 bits per heavy atom. The maximum absolute atomic E-state index is 11.3. The largest absolute Gasteiger partial charge is 0.493 e. The van der Waals surface area contributed by atoms with Crippen LogP contribution in [0.1, 0.15) is 28.5 Å². The van der Waals surface area contributed by atoms with Crippen LogP contribution in [-0.4, -0.2) is 22.2 Å². The number of rotatable bonds is 2. The lowest BCUT2D eigenvalue weighted by atomic mass is 10.0. The van der Waals surface area contributed by atoms with Crippen LogP contribution < -0.4 is 4.74 Å². The van der Waals surface area contributed by atoms with E-state index in [1.165, 1.54) is 0 Å². The molecule has 1 aliphatic rings. The Balaban J connectivity index is 2.11. The number of carboxylic acids is 1. The lowest BCUT2D eigenvalue weighted by Crippen LogP contribution is -2.22. The van der Waals surface area contributed by atoms with Gasteiger partial charge in [-0.2, -0.15) is 0 Å². The predicted molar refractivity (Wildman–Crippen MR) is 78.8 cm³/mol. The van der Waals surface area contributed by atoms with Crippen molar-refractivity contribution in [2.24, 2.45) is 0 Å². The average Bonchev–Trinajstić information content (AvgIpc) is 2.80. The van der Waals surface area contributed by atoms with Crippen LogP contribution in [0.2, 0.25) is 0 Å². The minimum absolute atomic E-state index is 0.0274. The molecule has 0 bridgehead atoms. The summed E-state index contributed by atoms with van der Waals surface area (Å²) in [4.78, 5) is 11.3. The van der Waals surface area contributed by atoms with E-state index >= 15 is 0 Å². The number of carboxylic acid groups (broad SMARTS) is 1. The highest BCUT2D eigenvalue weighted by atomic mass is 127. The van der Waals surface area contributed by atoms with Crippen molar-refractivity contribution < 1.29 is 14.6 Å². The van der Waals surface area contributed by atoms with E-state index < -0.39 is 5.97 Å². The van der Waals surface area contributed by atoms with E-state index in [9.17, 15) is 9.90 Å². The summed E-state index contributed by atoms with van der Waals surface area (Å²) in [5.41, 5.74) is 1.37. The first-order valence-electron chi connectivity index (χ1n) is 5.99. The van der Waals surface area contributed by atoms with Gasteiger partial charge in [-0.25, -0.2) is 4.79 Å². The van der Waals surface area contributed by atoms with E-state index in [2.05, 4.69) is 22.6 Å². The second-order valence-corrected chi connectivity index (χ2v) is 5.69. The number of ether oxygens (including phenoxy) is 1. The number of fused-ring (bicyclic) bond motifs is 1. The number of halogens is 1. The van der Waals surface area contributed by atoms with Crippen molar-refractivity contribution in [2.75, 3.05) is 6.61 Å². The number of aromatic nitrogens is 1. The van der Waals surface area contributed by atoms with Gasteiger partial charge >= 0.3 is 5.97 Å². The molecule has 19 heavy (non-hydrogen) atoms. The third-order valence-electron chi connectivity index (χ3n) is 3.30. The molecule has 0 fully saturated rings. The highest BCUT2D eigenvalue weighted by Gasteiger charge is 2.26. The van der Waals surface area contributed by atoms with Gasteiger partial charge in [-0.15, -0.1) is 0 Å². The Kier molecular flexibility index (Phi) is 3.22. The number of hydrogen-bond acceptors (Lipinski definition) is 2. The second-order valence-electron chi connectivity index (χ2n) is 4.45. The summed E-state index contributed by atoms with van der Waals surface area (Å²) in [6.45, 7) is 0.607. The molecule has 1 atom stereocenters. The Bertz CT molecular complexity index is 635. The van der Waals surface area contributed by atoms with Gasteiger partial charge in [0, 0.05) is 21.8 Å². The van der Waals surface area contributed by atoms with Crippen LogP contribution in [0.25, 0.3) is 0 Å². The van der Waals surface area contributed by atoms with Crippen LogP contribution in [0.15, 0.2) is 36.5 Å². The standard InChI is InChI=1S/C14H12INO3/c15-9-7-12(14(17)18)16(8-9)11-5-6-19-13-4-2-1-3-10(11)13/h1-4,7-8,11H,5-6H2,(H,17,18). The van der Waals surface area contributed by atoms with Gasteiger partial charge in [-0.3, -0.25) is 0 Å². The molecule has 3 rings (SSSR count). The first-order valence-corrected chi connectivity index (χ1v) is 7.07. The molecule has 2 aromatic rings. The van der Waals surface area contributed by atoms with E-state index in [1.54, 1.807) is 6.07 Å². The number of aromatic carboxylic acids is 1. The lowest BCUT2D eigenvalue weighted by molar-refractivity contribution is 0.0682. The molecule has 0 radical (unpaired) electrons. The molecule has 1 unspecified atom stereocenters. The highest BCUT2D eigenvalue weighted by molar-refractivity contribution is 14.1. The van der Waals surface area contributed by atoms with Crippen molar-refractivity contribution in [1.29, 1.82) is 0 Å². The molecule has 1 aromatic heterocycles. The van der Waals surface area contributed by atoms with Crippen molar-refractivity contribution in [3.63, 3.8) is 0 Å². The van der Waals surface area contributed by atoms with E-state index in [1.807, 2.05) is 35.0 Å². The van der Waals surface area contributed by atoms with Gasteiger partial charge in [0.25, 0.3) is 0 Å². The summed E-state index contributed by atoms with van der Waals surface area (Å²) in [5.74, 6) is -0.0503. The van der Waals surface area contributed by atoms with Crippen LogP contribution in [0.3, 0.4) is 0 Å². The third-order valence-corrected chi connectivity index (χ3v) is 3.89. The predicted octanol–water partition coefficient (Wildman–Crippen LogP) is 3.16. The molecule has 98 valence electrons. The number of carbonyl (C=O) groups is 1. The van der Waals surface area contributed by atoms with Gasteiger partial charge in [0.05, 0.1) is 12.6 Å². The molecule has 5 heteroatoms. The van der Waals surface area contributed by atoms with E-state index in [0.29, 0.717) is 12.3 Å². The quantitative estimate of drug-likeness (QED) is 0.828. The summed E-state index contributed by atoms with van der Waals surface area (Å²) in [6.07, 6.45) is 2.67. The van der Waals surface area contributed by atoms with Crippen molar-refractivity contribution in [3.8, 4) is 5.75 Å². The van der Waals surface area contributed by atoms with Crippen molar-refractivity contribution in [3.05, 3.63) is 51.4 Å². The van der Waals surface area contributed by atoms with Gasteiger partial charge in [0.1, 0.15) is 11.4 Å². The molecular formula is C14H12INO3. The first kappa shape index (κ1) is 12.5. The Hall–Kier alpha value is -1.50. The minimum atomic E-state index is -0.896. The summed E-state index contributed by atoms with van der Waals surface area (Å²) < 4.78 is 8.39. The van der Waals surface area contributed by atoms with Crippen molar-refractivity contribution in [1.82, 2.24) is 4.57 Å². The van der Waals surface area contributed by atoms with Crippen LogP contribution in [-0.2, 0) is 0 Å². The summed E-state index contributed by atoms with van der Waals surface area (Å²) in [5, 5.41) is 9.30. The van der Waals surface area contributed by atoms with E-state index in [-0.39, 0.29) is 6.04 Å². The molecule has 1 aromatic carbocycles. The lowest BCUT2D eigenvalue weighted by Gasteiger charge is -2.27. The van der Waals surface area contributed by atoms with Crippen LogP contribution in [0.4, 0.5) is 0 Å². The normalized spacial score (nSPS) is 17.6. The molecule has 0 spiro atoms. The summed E-state index contributed by atoms with van der Waals surface area (Å²) in [6, 6.07) is 9.53. The van der Waals surface area contributed by atoms with Crippen molar-refractivity contribution >= 4 is 28.6 Å². The van der Waals surface area contributed by atoms with Crippen LogP contribution in [0.5, 0.6) is 5.75 Å². The number of nitrogens with zero attached hydrogens (tertiary/aromatic N) is 1. The minimum Gasteiger partial charge on any atom is -0.493 e. The molecule has 4 nitrogen and oxygen atoms in total. The summed E-state index contributed by atoms with van der Waals surface area (Å²) >= 11 is 2.14. The third kappa shape index (κ3) is 2.22. The fraction of sp³-hybridized carbons (Fsp3) is 0.214. The van der Waals surface area contributed by atoms with Gasteiger partial charge in [-0.05, 0) is 34.7 Å². The summed E-state index contributed by atoms with van der Waals surface area (Å²) in [7, 11) is 0. The Morgan fingerprint density at radius 3 is 3.00 bits per heavy atom. The molecule has 0 aliphatic carbocycles. The fourth-order valence-electron chi connectivity index (χ4n) is 2.49. The second kappa shape index (κ2) is 4.88. The zero-order valence-corrected chi connectivity index (χ0v) is 12.2. The van der Waals surface area contributed by atoms with Crippen LogP contribution >= 0.6 is 22.6 Å². The van der Waals surface area contributed by atoms with Crippen molar-refractivity contribution in [2.45, 2.75) is 12.5 Å². The Labute approximate surface area is 124 Å². The van der Waals surface area contributed by atoms with E-state index in [4.69, 9.17) is 4.74 Å². The molecule has 1 N–H and O–H groups in total. The number of para-hydroxylation sites is 1. The first-order chi connectivity index (χ1) is 9.16. The zero-order valence-electron chi connectivity index (χ0n) is 10.0. The molecular weight excluding hydrogens is 357 g/mol. The zero-order chi connectivity index (χ0) is 13.4. The number of hydrogen-bond donors (Lipinski definition) is 1. The SMILES string of the molecule is O=C(O)c1cc(I)cn1C1CCOc2ccccc21. The van der Waals surface area contributed by atoms with Gasteiger partial charge in [0.2, 0.25) is 0 Å².